The van der Waals surface area contributed by atoms with E-state index in [9.17, 15) is 9.59 Å². The zero-order valence-corrected chi connectivity index (χ0v) is 19.7. The highest BCUT2D eigenvalue weighted by Gasteiger charge is 2.28. The Hall–Kier alpha value is -4.58. The minimum atomic E-state index is -0.776. The Morgan fingerprint density at radius 1 is 0.778 bits per heavy atom. The van der Waals surface area contributed by atoms with Gasteiger partial charge in [0.15, 0.2) is 0 Å². The molecule has 0 saturated carbocycles. The number of hydrogen-bond donors (Lipinski definition) is 3. The van der Waals surface area contributed by atoms with Gasteiger partial charge in [-0.2, -0.15) is 0 Å². The number of H-pyrrole nitrogens is 1. The molecule has 1 atom stereocenters. The first-order valence-corrected chi connectivity index (χ1v) is 11.9. The lowest BCUT2D eigenvalue weighted by Gasteiger charge is -2.23. The monoisotopic (exact) mass is 477 g/mol. The molecule has 3 N–H and O–H groups in total. The van der Waals surface area contributed by atoms with E-state index in [-0.39, 0.29) is 18.4 Å². The minimum absolute atomic E-state index is 0.231. The Bertz CT molecular complexity index is 1390. The summed E-state index contributed by atoms with van der Waals surface area (Å²) >= 11 is 0. The van der Waals surface area contributed by atoms with Gasteiger partial charge in [-0.3, -0.25) is 9.59 Å². The predicted molar refractivity (Wildman–Crippen MR) is 139 cm³/mol. The fourth-order valence-corrected chi connectivity index (χ4v) is 4.48. The summed E-state index contributed by atoms with van der Waals surface area (Å²) in [7, 11) is 0. The second kappa shape index (κ2) is 10.8. The van der Waals surface area contributed by atoms with E-state index in [1.165, 1.54) is 0 Å². The summed E-state index contributed by atoms with van der Waals surface area (Å²) in [5, 5.41) is 6.99. The van der Waals surface area contributed by atoms with Crippen LogP contribution in [0.5, 0.6) is 0 Å². The summed E-state index contributed by atoms with van der Waals surface area (Å²) in [6.45, 7) is 0.243. The summed E-state index contributed by atoms with van der Waals surface area (Å²) in [4.78, 5) is 30.4. The van der Waals surface area contributed by atoms with Crippen LogP contribution in [0.2, 0.25) is 0 Å². The van der Waals surface area contributed by atoms with Crippen LogP contribution in [-0.4, -0.2) is 22.8 Å². The van der Waals surface area contributed by atoms with Gasteiger partial charge in [-0.15, -0.1) is 0 Å². The average Bonchev–Trinajstić information content (AvgIpc) is 3.59. The molecule has 0 aliphatic heterocycles. The van der Waals surface area contributed by atoms with E-state index in [1.54, 1.807) is 18.4 Å². The first kappa shape index (κ1) is 23.2. The third-order valence-electron chi connectivity index (χ3n) is 6.28. The molecule has 2 amide bonds. The molecule has 0 fully saturated rings. The highest BCUT2D eigenvalue weighted by molar-refractivity contribution is 5.93. The zero-order valence-electron chi connectivity index (χ0n) is 19.7. The molecule has 0 aliphatic carbocycles. The number of hydrogen-bond acceptors (Lipinski definition) is 3. The first-order valence-electron chi connectivity index (χ1n) is 11.9. The molecule has 36 heavy (non-hydrogen) atoms. The summed E-state index contributed by atoms with van der Waals surface area (Å²) in [5.41, 5.74) is 3.67. The third-order valence-corrected chi connectivity index (χ3v) is 6.28. The molecule has 0 spiro atoms. The van der Waals surface area contributed by atoms with Crippen LogP contribution in [0.25, 0.3) is 10.9 Å². The lowest BCUT2D eigenvalue weighted by molar-refractivity contribution is -0.129. The Kier molecular flexibility index (Phi) is 6.94. The van der Waals surface area contributed by atoms with Crippen molar-refractivity contribution in [1.29, 1.82) is 0 Å². The number of amides is 2. The number of nitrogens with one attached hydrogen (secondary N) is 3. The topological polar surface area (TPSA) is 87.1 Å². The van der Waals surface area contributed by atoms with Gasteiger partial charge in [-0.25, -0.2) is 0 Å². The van der Waals surface area contributed by atoms with Gasteiger partial charge in [0.2, 0.25) is 11.8 Å². The van der Waals surface area contributed by atoms with Crippen LogP contribution in [0.4, 0.5) is 0 Å². The molecule has 5 rings (SSSR count). The van der Waals surface area contributed by atoms with Gasteiger partial charge in [0, 0.05) is 23.5 Å². The fraction of sp³-hybridized carbons (Fsp3) is 0.133. The van der Waals surface area contributed by atoms with E-state index in [1.807, 2.05) is 91.1 Å². The van der Waals surface area contributed by atoms with Crippen LogP contribution >= 0.6 is 0 Å². The third kappa shape index (κ3) is 5.23. The average molecular weight is 478 g/mol. The smallest absolute Gasteiger partial charge is 0.243 e. The van der Waals surface area contributed by atoms with Crippen molar-refractivity contribution in [2.45, 2.75) is 24.9 Å². The SMILES string of the molecule is O=C(NCc1ccco1)C(Cc1c[nH]c2ccccc12)NC(=O)C(c1ccccc1)c1ccccc1. The number of furan rings is 1. The lowest BCUT2D eigenvalue weighted by atomic mass is 9.90. The van der Waals surface area contributed by atoms with Crippen molar-refractivity contribution in [2.75, 3.05) is 0 Å². The summed E-state index contributed by atoms with van der Waals surface area (Å²) in [6, 6.07) is 30.0. The van der Waals surface area contributed by atoms with Gasteiger partial charge in [-0.05, 0) is 34.9 Å². The summed E-state index contributed by atoms with van der Waals surface area (Å²) < 4.78 is 5.36. The summed E-state index contributed by atoms with van der Waals surface area (Å²) in [6.07, 6.45) is 3.81. The maximum absolute atomic E-state index is 13.8. The second-order valence-corrected chi connectivity index (χ2v) is 8.68. The van der Waals surface area contributed by atoms with E-state index < -0.39 is 12.0 Å². The van der Waals surface area contributed by atoms with Crippen molar-refractivity contribution in [3.8, 4) is 0 Å². The molecular formula is C30H27N3O3. The molecule has 0 radical (unpaired) electrons. The van der Waals surface area contributed by atoms with Gasteiger partial charge in [-0.1, -0.05) is 78.9 Å². The fourth-order valence-electron chi connectivity index (χ4n) is 4.48. The highest BCUT2D eigenvalue weighted by atomic mass is 16.3. The maximum Gasteiger partial charge on any atom is 0.243 e. The maximum atomic E-state index is 13.8. The zero-order chi connectivity index (χ0) is 24.7. The number of rotatable bonds is 9. The Morgan fingerprint density at radius 2 is 1.44 bits per heavy atom. The van der Waals surface area contributed by atoms with E-state index in [0.29, 0.717) is 12.2 Å². The van der Waals surface area contributed by atoms with Crippen LogP contribution in [0.15, 0.2) is 114 Å². The van der Waals surface area contributed by atoms with E-state index in [0.717, 1.165) is 27.6 Å². The van der Waals surface area contributed by atoms with Crippen molar-refractivity contribution in [3.05, 3.63) is 132 Å². The standard InChI is InChI=1S/C30H27N3O3/c34-29(32-20-24-14-9-17-36-24)27(18-23-19-31-26-16-8-7-15-25(23)26)33-30(35)28(21-10-3-1-4-11-21)22-12-5-2-6-13-22/h1-17,19,27-28,31H,18,20H2,(H,32,34)(H,33,35). The highest BCUT2D eigenvalue weighted by Crippen LogP contribution is 2.26. The number of carbonyl (C=O) groups is 2. The molecule has 3 aromatic carbocycles. The molecule has 0 bridgehead atoms. The molecule has 1 unspecified atom stereocenters. The summed E-state index contributed by atoms with van der Waals surface area (Å²) in [5.74, 6) is -0.405. The number of aromatic nitrogens is 1. The molecule has 180 valence electrons. The molecule has 6 heteroatoms. The van der Waals surface area contributed by atoms with Crippen LogP contribution in [0, 0.1) is 0 Å². The number of carbonyl (C=O) groups excluding carboxylic acids is 2. The lowest BCUT2D eigenvalue weighted by Crippen LogP contribution is -2.49. The van der Waals surface area contributed by atoms with Crippen LogP contribution in [-0.2, 0) is 22.6 Å². The van der Waals surface area contributed by atoms with E-state index in [2.05, 4.69) is 15.6 Å². The Balaban J connectivity index is 1.43. The quantitative estimate of drug-likeness (QED) is 0.281. The Morgan fingerprint density at radius 3 is 2.11 bits per heavy atom. The number of para-hydroxylation sites is 1. The van der Waals surface area contributed by atoms with E-state index in [4.69, 9.17) is 4.42 Å². The molecule has 6 nitrogen and oxygen atoms in total. The Labute approximate surface area is 209 Å². The van der Waals surface area contributed by atoms with Crippen LogP contribution < -0.4 is 10.6 Å². The van der Waals surface area contributed by atoms with Gasteiger partial charge >= 0.3 is 0 Å². The molecule has 0 saturated heterocycles. The largest absolute Gasteiger partial charge is 0.467 e. The minimum Gasteiger partial charge on any atom is -0.467 e. The van der Waals surface area contributed by atoms with Crippen molar-refractivity contribution in [3.63, 3.8) is 0 Å². The normalized spacial score (nSPS) is 11.9. The van der Waals surface area contributed by atoms with Crippen molar-refractivity contribution in [1.82, 2.24) is 15.6 Å². The number of aromatic amines is 1. The van der Waals surface area contributed by atoms with Crippen molar-refractivity contribution >= 4 is 22.7 Å². The number of fused-ring (bicyclic) bond motifs is 1. The molecule has 5 aromatic rings. The predicted octanol–water partition coefficient (Wildman–Crippen LogP) is 4.94. The molecule has 0 aliphatic rings. The van der Waals surface area contributed by atoms with Gasteiger partial charge in [0.05, 0.1) is 18.7 Å². The molecule has 2 heterocycles. The van der Waals surface area contributed by atoms with Crippen molar-refractivity contribution < 1.29 is 14.0 Å². The van der Waals surface area contributed by atoms with E-state index >= 15 is 0 Å². The molecule has 2 aromatic heterocycles. The van der Waals surface area contributed by atoms with Gasteiger partial charge in [0.25, 0.3) is 0 Å². The van der Waals surface area contributed by atoms with Gasteiger partial charge in [0.1, 0.15) is 11.8 Å². The second-order valence-electron chi connectivity index (χ2n) is 8.68. The van der Waals surface area contributed by atoms with Crippen molar-refractivity contribution in [2.24, 2.45) is 0 Å². The molecular weight excluding hydrogens is 450 g/mol. The van der Waals surface area contributed by atoms with Crippen LogP contribution in [0.1, 0.15) is 28.4 Å². The first-order chi connectivity index (χ1) is 17.7. The number of benzene rings is 3. The van der Waals surface area contributed by atoms with Gasteiger partial charge < -0.3 is 20.0 Å². The van der Waals surface area contributed by atoms with Crippen LogP contribution in [0.3, 0.4) is 0 Å².